The molecule has 0 aliphatic carbocycles. The summed E-state index contributed by atoms with van der Waals surface area (Å²) in [5.41, 5.74) is 7.87. The number of carbonyl (C=O) groups excluding carboxylic acids is 2. The molecule has 0 saturated heterocycles. The van der Waals surface area contributed by atoms with Crippen LogP contribution in [-0.4, -0.2) is 17.4 Å². The lowest BCUT2D eigenvalue weighted by atomic mass is 10.00. The fourth-order valence-electron chi connectivity index (χ4n) is 1.73. The Labute approximate surface area is 119 Å². The summed E-state index contributed by atoms with van der Waals surface area (Å²) in [4.78, 5) is 22.8. The van der Waals surface area contributed by atoms with Crippen molar-refractivity contribution in [2.75, 3.05) is 10.6 Å². The van der Waals surface area contributed by atoms with E-state index in [1.807, 2.05) is 26.8 Å². The first kappa shape index (κ1) is 16.2. The number of benzene rings is 1. The van der Waals surface area contributed by atoms with E-state index in [0.29, 0.717) is 12.8 Å². The minimum absolute atomic E-state index is 0.0600. The summed E-state index contributed by atoms with van der Waals surface area (Å²) in [5.74, 6) is -0.176. The molecule has 0 saturated carbocycles. The van der Waals surface area contributed by atoms with Crippen LogP contribution in [0.2, 0.25) is 0 Å². The Bertz CT molecular complexity index is 504. The number of rotatable bonds is 5. The highest BCUT2D eigenvalue weighted by Gasteiger charge is 2.13. The molecule has 0 bridgehead atoms. The second-order valence-corrected chi connectivity index (χ2v) is 5.75. The Hall–Kier alpha value is -1.88. The average molecular weight is 277 g/mol. The number of anilines is 2. The molecule has 2 amide bonds. The van der Waals surface area contributed by atoms with Gasteiger partial charge in [-0.05, 0) is 51.0 Å². The first-order chi connectivity index (χ1) is 9.17. The maximum Gasteiger partial charge on any atom is 0.224 e. The topological polar surface area (TPSA) is 84.2 Å². The molecule has 0 aliphatic heterocycles. The summed E-state index contributed by atoms with van der Waals surface area (Å²) in [5, 5.41) is 5.56. The maximum atomic E-state index is 11.8. The molecule has 20 heavy (non-hydrogen) atoms. The molecule has 4 N–H and O–H groups in total. The first-order valence-electron chi connectivity index (χ1n) is 6.64. The highest BCUT2D eigenvalue weighted by atomic mass is 16.2. The van der Waals surface area contributed by atoms with Gasteiger partial charge in [-0.3, -0.25) is 9.59 Å². The molecule has 1 aromatic rings. The summed E-state index contributed by atoms with van der Waals surface area (Å²) in [6.07, 6.45) is 1.01. The molecule has 0 radical (unpaired) electrons. The van der Waals surface area contributed by atoms with Gasteiger partial charge in [0.25, 0.3) is 0 Å². The van der Waals surface area contributed by atoms with Crippen LogP contribution in [0.1, 0.15) is 39.2 Å². The lowest BCUT2D eigenvalue weighted by Gasteiger charge is -2.17. The predicted molar refractivity (Wildman–Crippen MR) is 81.6 cm³/mol. The van der Waals surface area contributed by atoms with E-state index in [1.54, 1.807) is 12.1 Å². The van der Waals surface area contributed by atoms with Gasteiger partial charge < -0.3 is 16.4 Å². The quantitative estimate of drug-likeness (QED) is 0.772. The van der Waals surface area contributed by atoms with Crippen molar-refractivity contribution in [3.8, 4) is 0 Å². The number of aryl methyl sites for hydroxylation is 1. The summed E-state index contributed by atoms with van der Waals surface area (Å²) < 4.78 is 0. The molecule has 5 nitrogen and oxygen atoms in total. The van der Waals surface area contributed by atoms with E-state index in [9.17, 15) is 9.59 Å². The van der Waals surface area contributed by atoms with Crippen molar-refractivity contribution >= 4 is 23.2 Å². The normalized spacial score (nSPS) is 11.1. The van der Waals surface area contributed by atoms with Gasteiger partial charge in [-0.2, -0.15) is 0 Å². The zero-order valence-corrected chi connectivity index (χ0v) is 12.5. The summed E-state index contributed by atoms with van der Waals surface area (Å²) in [7, 11) is 0. The molecule has 110 valence electrons. The third-order valence-corrected chi connectivity index (χ3v) is 2.82. The second-order valence-electron chi connectivity index (χ2n) is 5.75. The fraction of sp³-hybridized carbons (Fsp3) is 0.467. The molecule has 0 unspecified atom stereocenters. The van der Waals surface area contributed by atoms with Crippen molar-refractivity contribution in [3.63, 3.8) is 0 Å². The minimum Gasteiger partial charge on any atom is -0.326 e. The number of amides is 2. The van der Waals surface area contributed by atoms with Crippen molar-refractivity contribution in [1.82, 2.24) is 0 Å². The molecule has 5 heteroatoms. The predicted octanol–water partition coefficient (Wildman–Crippen LogP) is 2.41. The Balaban J connectivity index is 2.63. The van der Waals surface area contributed by atoms with Crippen LogP contribution in [-0.2, 0) is 9.59 Å². The zero-order valence-electron chi connectivity index (χ0n) is 12.5. The van der Waals surface area contributed by atoms with E-state index >= 15 is 0 Å². The lowest BCUT2D eigenvalue weighted by Crippen LogP contribution is -2.33. The van der Waals surface area contributed by atoms with Crippen molar-refractivity contribution in [2.24, 2.45) is 5.73 Å². The van der Waals surface area contributed by atoms with Crippen LogP contribution in [0.4, 0.5) is 11.4 Å². The highest BCUT2D eigenvalue weighted by molar-refractivity contribution is 5.92. The standard InChI is InChI=1S/C15H23N3O2/c1-10-9-12(5-6-13(10)17-11(2)19)18-14(20)7-8-15(3,4)16/h5-6,9H,7-8,16H2,1-4H3,(H,17,19)(H,18,20). The van der Waals surface area contributed by atoms with Crippen LogP contribution in [0.3, 0.4) is 0 Å². The van der Waals surface area contributed by atoms with Crippen LogP contribution in [0.5, 0.6) is 0 Å². The number of hydrogen-bond donors (Lipinski definition) is 3. The van der Waals surface area contributed by atoms with Crippen LogP contribution in [0.25, 0.3) is 0 Å². The molecule has 1 rings (SSSR count). The van der Waals surface area contributed by atoms with E-state index in [2.05, 4.69) is 10.6 Å². The fourth-order valence-corrected chi connectivity index (χ4v) is 1.73. The van der Waals surface area contributed by atoms with Crippen LogP contribution >= 0.6 is 0 Å². The van der Waals surface area contributed by atoms with Gasteiger partial charge in [-0.25, -0.2) is 0 Å². The van der Waals surface area contributed by atoms with E-state index < -0.39 is 0 Å². The average Bonchev–Trinajstić information content (AvgIpc) is 2.29. The van der Waals surface area contributed by atoms with Gasteiger partial charge in [-0.15, -0.1) is 0 Å². The highest BCUT2D eigenvalue weighted by Crippen LogP contribution is 2.20. The van der Waals surface area contributed by atoms with Crippen LogP contribution < -0.4 is 16.4 Å². The summed E-state index contributed by atoms with van der Waals surface area (Å²) in [6.45, 7) is 7.13. The molecule has 0 aromatic heterocycles. The largest absolute Gasteiger partial charge is 0.326 e. The maximum absolute atomic E-state index is 11.8. The lowest BCUT2D eigenvalue weighted by molar-refractivity contribution is -0.116. The van der Waals surface area contributed by atoms with E-state index in [4.69, 9.17) is 5.73 Å². The van der Waals surface area contributed by atoms with Crippen LogP contribution in [0.15, 0.2) is 18.2 Å². The van der Waals surface area contributed by atoms with Crippen molar-refractivity contribution < 1.29 is 9.59 Å². The van der Waals surface area contributed by atoms with Gasteiger partial charge in [0.05, 0.1) is 0 Å². The SMILES string of the molecule is CC(=O)Nc1ccc(NC(=O)CCC(C)(C)N)cc1C. The van der Waals surface area contributed by atoms with Gasteiger partial charge in [0, 0.05) is 30.3 Å². The van der Waals surface area contributed by atoms with Gasteiger partial charge in [0.1, 0.15) is 0 Å². The zero-order chi connectivity index (χ0) is 15.3. The Morgan fingerprint density at radius 3 is 2.40 bits per heavy atom. The minimum atomic E-state index is -0.345. The molecule has 0 heterocycles. The monoisotopic (exact) mass is 277 g/mol. The number of carbonyl (C=O) groups is 2. The smallest absolute Gasteiger partial charge is 0.224 e. The molecule has 1 aromatic carbocycles. The van der Waals surface area contributed by atoms with Gasteiger partial charge in [-0.1, -0.05) is 0 Å². The molecule has 0 spiro atoms. The van der Waals surface area contributed by atoms with E-state index in [0.717, 1.165) is 16.9 Å². The molecule has 0 fully saturated rings. The van der Waals surface area contributed by atoms with Crippen molar-refractivity contribution in [1.29, 1.82) is 0 Å². The molecule has 0 atom stereocenters. The number of nitrogens with two attached hydrogens (primary N) is 1. The summed E-state index contributed by atoms with van der Waals surface area (Å²) in [6, 6.07) is 5.37. The van der Waals surface area contributed by atoms with E-state index in [-0.39, 0.29) is 17.4 Å². The third kappa shape index (κ3) is 5.84. The van der Waals surface area contributed by atoms with Crippen molar-refractivity contribution in [3.05, 3.63) is 23.8 Å². The second kappa shape index (κ2) is 6.52. The van der Waals surface area contributed by atoms with Gasteiger partial charge in [0.2, 0.25) is 11.8 Å². The number of hydrogen-bond acceptors (Lipinski definition) is 3. The molecular weight excluding hydrogens is 254 g/mol. The van der Waals surface area contributed by atoms with Crippen LogP contribution in [0, 0.1) is 6.92 Å². The number of nitrogens with one attached hydrogen (secondary N) is 2. The third-order valence-electron chi connectivity index (χ3n) is 2.82. The molecule has 0 aliphatic rings. The van der Waals surface area contributed by atoms with Crippen molar-refractivity contribution in [2.45, 2.75) is 46.1 Å². The summed E-state index contributed by atoms with van der Waals surface area (Å²) >= 11 is 0. The van der Waals surface area contributed by atoms with E-state index in [1.165, 1.54) is 6.92 Å². The Morgan fingerprint density at radius 2 is 1.90 bits per heavy atom. The first-order valence-corrected chi connectivity index (χ1v) is 6.64. The Kier molecular flexibility index (Phi) is 5.27. The Morgan fingerprint density at radius 1 is 1.25 bits per heavy atom. The molecular formula is C15H23N3O2. The van der Waals surface area contributed by atoms with Gasteiger partial charge in [0.15, 0.2) is 0 Å². The van der Waals surface area contributed by atoms with Gasteiger partial charge >= 0.3 is 0 Å².